The van der Waals surface area contributed by atoms with Gasteiger partial charge in [-0.05, 0) is 48.7 Å². The number of benzene rings is 2. The number of nitrogens with one attached hydrogen (secondary N) is 1. The second-order valence-corrected chi connectivity index (χ2v) is 8.61. The van der Waals surface area contributed by atoms with Crippen molar-refractivity contribution in [1.29, 1.82) is 0 Å². The Morgan fingerprint density at radius 3 is 2.39 bits per heavy atom. The molecule has 0 unspecified atom stereocenters. The Morgan fingerprint density at radius 2 is 1.71 bits per heavy atom. The monoisotopic (exact) mass is 397 g/mol. The quantitative estimate of drug-likeness (QED) is 0.811. The highest BCUT2D eigenvalue weighted by Crippen LogP contribution is 2.48. The molecule has 148 valence electrons. The summed E-state index contributed by atoms with van der Waals surface area (Å²) in [5, 5.41) is 3.86. The van der Waals surface area contributed by atoms with Gasteiger partial charge in [0.1, 0.15) is 0 Å². The first-order valence-electron chi connectivity index (χ1n) is 10.1. The number of halogens is 1. The van der Waals surface area contributed by atoms with Crippen LogP contribution in [0.5, 0.6) is 0 Å². The molecule has 0 radical (unpaired) electrons. The molecule has 2 aromatic rings. The van der Waals surface area contributed by atoms with Gasteiger partial charge in [-0.3, -0.25) is 9.69 Å². The van der Waals surface area contributed by atoms with Crippen LogP contribution in [-0.2, 0) is 23.3 Å². The topological polar surface area (TPSA) is 35.6 Å². The highest BCUT2D eigenvalue weighted by Gasteiger charge is 2.51. The van der Waals surface area contributed by atoms with Crippen molar-refractivity contribution < 1.29 is 4.79 Å². The number of hydrogen-bond donors (Lipinski definition) is 1. The molecule has 1 saturated heterocycles. The molecule has 5 heteroatoms. The van der Waals surface area contributed by atoms with Crippen LogP contribution >= 0.6 is 11.6 Å². The SMILES string of the molecule is CN1CCN(Cc2cccc(CNC(=O)C3(c4ccc(Cl)cc4)CC3)c2)CC1. The molecule has 28 heavy (non-hydrogen) atoms. The first-order valence-corrected chi connectivity index (χ1v) is 10.5. The van der Waals surface area contributed by atoms with Gasteiger partial charge >= 0.3 is 0 Å². The number of nitrogens with zero attached hydrogens (tertiary/aromatic N) is 2. The lowest BCUT2D eigenvalue weighted by molar-refractivity contribution is -0.123. The normalized spacial score (nSPS) is 19.4. The number of carbonyl (C=O) groups is 1. The lowest BCUT2D eigenvalue weighted by Gasteiger charge is -2.32. The Labute approximate surface area is 172 Å². The molecule has 1 aliphatic carbocycles. The van der Waals surface area contributed by atoms with Crippen LogP contribution in [0.3, 0.4) is 0 Å². The Morgan fingerprint density at radius 1 is 1.04 bits per heavy atom. The van der Waals surface area contributed by atoms with Gasteiger partial charge in [0.05, 0.1) is 5.41 Å². The number of rotatable bonds is 6. The van der Waals surface area contributed by atoms with Gasteiger partial charge in [-0.2, -0.15) is 0 Å². The summed E-state index contributed by atoms with van der Waals surface area (Å²) < 4.78 is 0. The van der Waals surface area contributed by atoms with Crippen molar-refractivity contribution in [3.05, 3.63) is 70.2 Å². The maximum Gasteiger partial charge on any atom is 0.230 e. The molecule has 2 aliphatic rings. The first-order chi connectivity index (χ1) is 13.5. The summed E-state index contributed by atoms with van der Waals surface area (Å²) in [5.41, 5.74) is 3.18. The van der Waals surface area contributed by atoms with Crippen molar-refractivity contribution in [1.82, 2.24) is 15.1 Å². The minimum absolute atomic E-state index is 0.124. The van der Waals surface area contributed by atoms with E-state index in [2.05, 4.69) is 46.4 Å². The number of hydrogen-bond acceptors (Lipinski definition) is 3. The summed E-state index contributed by atoms with van der Waals surface area (Å²) in [7, 11) is 2.18. The lowest BCUT2D eigenvalue weighted by atomic mass is 9.95. The van der Waals surface area contributed by atoms with Crippen molar-refractivity contribution in [3.8, 4) is 0 Å². The predicted octanol–water partition coefficient (Wildman–Crippen LogP) is 3.44. The van der Waals surface area contributed by atoms with Crippen molar-refractivity contribution in [3.63, 3.8) is 0 Å². The molecule has 2 aromatic carbocycles. The van der Waals surface area contributed by atoms with Gasteiger partial charge in [0.15, 0.2) is 0 Å². The van der Waals surface area contributed by atoms with Crippen LogP contribution in [0.15, 0.2) is 48.5 Å². The molecule has 1 amide bonds. The molecule has 4 nitrogen and oxygen atoms in total. The van der Waals surface area contributed by atoms with Gasteiger partial charge in [-0.1, -0.05) is 48.0 Å². The van der Waals surface area contributed by atoms with Gasteiger partial charge < -0.3 is 10.2 Å². The van der Waals surface area contributed by atoms with Gasteiger partial charge in [0.2, 0.25) is 5.91 Å². The van der Waals surface area contributed by atoms with Crippen LogP contribution in [0.4, 0.5) is 0 Å². The summed E-state index contributed by atoms with van der Waals surface area (Å²) in [4.78, 5) is 17.7. The summed E-state index contributed by atoms with van der Waals surface area (Å²) in [5.74, 6) is 0.124. The van der Waals surface area contributed by atoms with E-state index < -0.39 is 0 Å². The highest BCUT2D eigenvalue weighted by atomic mass is 35.5. The molecule has 0 bridgehead atoms. The molecule has 0 aromatic heterocycles. The van der Waals surface area contributed by atoms with Crippen LogP contribution in [0.1, 0.15) is 29.5 Å². The maximum atomic E-state index is 12.9. The Bertz CT molecular complexity index is 824. The van der Waals surface area contributed by atoms with Crippen LogP contribution in [-0.4, -0.2) is 48.9 Å². The predicted molar refractivity (Wildman–Crippen MR) is 113 cm³/mol. The highest BCUT2D eigenvalue weighted by molar-refractivity contribution is 6.30. The first kappa shape index (κ1) is 19.4. The Balaban J connectivity index is 1.34. The standard InChI is InChI=1S/C23H28ClN3O/c1-26-11-13-27(14-12-26)17-19-4-2-3-18(15-19)16-25-22(28)23(9-10-23)20-5-7-21(24)8-6-20/h2-8,15H,9-14,16-17H2,1H3,(H,25,28). The number of carbonyl (C=O) groups excluding carboxylic acids is 1. The van der Waals surface area contributed by atoms with Crippen molar-refractivity contribution in [2.24, 2.45) is 0 Å². The van der Waals surface area contributed by atoms with E-state index in [9.17, 15) is 4.79 Å². The van der Waals surface area contributed by atoms with Gasteiger partial charge in [-0.15, -0.1) is 0 Å². The number of likely N-dealkylation sites (N-methyl/N-ethyl adjacent to an activating group) is 1. The molecule has 4 rings (SSSR count). The fourth-order valence-corrected chi connectivity index (χ4v) is 4.12. The minimum Gasteiger partial charge on any atom is -0.351 e. The van der Waals surface area contributed by atoms with E-state index in [0.717, 1.165) is 56.7 Å². The van der Waals surface area contributed by atoms with E-state index in [-0.39, 0.29) is 11.3 Å². The van der Waals surface area contributed by atoms with Crippen LogP contribution < -0.4 is 5.32 Å². The molecule has 1 saturated carbocycles. The molecular formula is C23H28ClN3O. The fraction of sp³-hybridized carbons (Fsp3) is 0.435. The lowest BCUT2D eigenvalue weighted by Crippen LogP contribution is -2.43. The molecule has 1 aliphatic heterocycles. The Hall–Kier alpha value is -1.88. The third-order valence-corrected chi connectivity index (χ3v) is 6.28. The van der Waals surface area contributed by atoms with Crippen LogP contribution in [0.25, 0.3) is 0 Å². The van der Waals surface area contributed by atoms with E-state index in [1.807, 2.05) is 24.3 Å². The fourth-order valence-electron chi connectivity index (χ4n) is 3.99. The van der Waals surface area contributed by atoms with E-state index in [0.29, 0.717) is 11.6 Å². The summed E-state index contributed by atoms with van der Waals surface area (Å²) in [6.45, 7) is 6.03. The molecule has 0 atom stereocenters. The zero-order chi connectivity index (χ0) is 19.6. The van der Waals surface area contributed by atoms with E-state index in [4.69, 9.17) is 11.6 Å². The minimum atomic E-state index is -0.359. The second kappa shape index (κ2) is 8.24. The number of amides is 1. The zero-order valence-corrected chi connectivity index (χ0v) is 17.2. The van der Waals surface area contributed by atoms with Gasteiger partial charge in [0.25, 0.3) is 0 Å². The average molecular weight is 398 g/mol. The molecule has 1 heterocycles. The van der Waals surface area contributed by atoms with E-state index >= 15 is 0 Å². The van der Waals surface area contributed by atoms with Crippen molar-refractivity contribution in [2.75, 3.05) is 33.2 Å². The summed E-state index contributed by atoms with van der Waals surface area (Å²) in [6, 6.07) is 16.3. The van der Waals surface area contributed by atoms with Gasteiger partial charge in [0, 0.05) is 44.3 Å². The van der Waals surface area contributed by atoms with Crippen LogP contribution in [0.2, 0.25) is 5.02 Å². The van der Waals surface area contributed by atoms with E-state index in [1.165, 1.54) is 5.56 Å². The summed E-state index contributed by atoms with van der Waals surface area (Å²) in [6.07, 6.45) is 1.81. The molecule has 1 N–H and O–H groups in total. The van der Waals surface area contributed by atoms with Crippen molar-refractivity contribution >= 4 is 17.5 Å². The third kappa shape index (κ3) is 4.40. The smallest absolute Gasteiger partial charge is 0.230 e. The Kier molecular flexibility index (Phi) is 5.72. The second-order valence-electron chi connectivity index (χ2n) is 8.17. The zero-order valence-electron chi connectivity index (χ0n) is 16.5. The molecule has 0 spiro atoms. The maximum absolute atomic E-state index is 12.9. The molecular weight excluding hydrogens is 370 g/mol. The average Bonchev–Trinajstić information content (AvgIpc) is 3.51. The largest absolute Gasteiger partial charge is 0.351 e. The van der Waals surface area contributed by atoms with Crippen LogP contribution in [0, 0.1) is 0 Å². The van der Waals surface area contributed by atoms with Gasteiger partial charge in [-0.25, -0.2) is 0 Å². The summed E-state index contributed by atoms with van der Waals surface area (Å²) >= 11 is 5.99. The third-order valence-electron chi connectivity index (χ3n) is 6.03. The van der Waals surface area contributed by atoms with E-state index in [1.54, 1.807) is 0 Å². The van der Waals surface area contributed by atoms with Crippen molar-refractivity contribution in [2.45, 2.75) is 31.3 Å². The number of piperazine rings is 1. The molecule has 2 fully saturated rings.